The maximum atomic E-state index is 12.2. The van der Waals surface area contributed by atoms with Gasteiger partial charge in [-0.25, -0.2) is 5.43 Å². The minimum absolute atomic E-state index is 0.233. The Kier molecular flexibility index (Phi) is 4.10. The quantitative estimate of drug-likeness (QED) is 0.575. The van der Waals surface area contributed by atoms with Crippen molar-refractivity contribution in [3.8, 4) is 0 Å². The Hall–Kier alpha value is -3.08. The smallest absolute Gasteiger partial charge is 0.273 e. The predicted octanol–water partition coefficient (Wildman–Crippen LogP) is 3.00. The molecular formula is C18H18N4O. The second-order valence-electron chi connectivity index (χ2n) is 5.43. The third-order valence-corrected chi connectivity index (χ3v) is 3.62. The number of amides is 1. The second kappa shape index (κ2) is 6.36. The first-order valence-electron chi connectivity index (χ1n) is 7.32. The molecule has 0 bridgehead atoms. The standard InChI is InChI=1S/C18H18N4O/c1-22(2)14-9-7-13(8-10-14)11-20-21-18(23)16-12-19-17-6-4-3-5-15(16)17/h3-12,19H,1-2H3,(H,21,23). The summed E-state index contributed by atoms with van der Waals surface area (Å²) in [6.45, 7) is 0. The Morgan fingerprint density at radius 3 is 2.61 bits per heavy atom. The number of hydrazone groups is 1. The third kappa shape index (κ3) is 3.23. The van der Waals surface area contributed by atoms with Gasteiger partial charge in [0, 0.05) is 36.9 Å². The van der Waals surface area contributed by atoms with Crippen LogP contribution in [0.1, 0.15) is 15.9 Å². The normalized spacial score (nSPS) is 11.0. The average Bonchev–Trinajstić information content (AvgIpc) is 2.99. The van der Waals surface area contributed by atoms with E-state index in [-0.39, 0.29) is 5.91 Å². The first-order chi connectivity index (χ1) is 11.1. The molecule has 0 aliphatic rings. The summed E-state index contributed by atoms with van der Waals surface area (Å²) in [5, 5.41) is 4.91. The molecule has 0 atom stereocenters. The largest absolute Gasteiger partial charge is 0.378 e. The van der Waals surface area contributed by atoms with Gasteiger partial charge in [-0.1, -0.05) is 30.3 Å². The number of nitrogens with zero attached hydrogens (tertiary/aromatic N) is 2. The summed E-state index contributed by atoms with van der Waals surface area (Å²) in [7, 11) is 3.98. The lowest BCUT2D eigenvalue weighted by molar-refractivity contribution is 0.0957. The van der Waals surface area contributed by atoms with Crippen molar-refractivity contribution < 1.29 is 4.79 Å². The molecule has 0 spiro atoms. The van der Waals surface area contributed by atoms with Gasteiger partial charge in [0.05, 0.1) is 11.8 Å². The lowest BCUT2D eigenvalue weighted by Gasteiger charge is -2.11. The number of benzene rings is 2. The van der Waals surface area contributed by atoms with Gasteiger partial charge >= 0.3 is 0 Å². The number of rotatable bonds is 4. The number of H-pyrrole nitrogens is 1. The number of hydrogen-bond acceptors (Lipinski definition) is 3. The van der Waals surface area contributed by atoms with Gasteiger partial charge in [-0.15, -0.1) is 0 Å². The molecule has 0 aliphatic heterocycles. The molecule has 5 heteroatoms. The second-order valence-corrected chi connectivity index (χ2v) is 5.43. The van der Waals surface area contributed by atoms with Crippen molar-refractivity contribution in [2.45, 2.75) is 0 Å². The lowest BCUT2D eigenvalue weighted by Crippen LogP contribution is -2.17. The van der Waals surface area contributed by atoms with Crippen LogP contribution < -0.4 is 10.3 Å². The van der Waals surface area contributed by atoms with Gasteiger partial charge in [0.2, 0.25) is 0 Å². The third-order valence-electron chi connectivity index (χ3n) is 3.62. The van der Waals surface area contributed by atoms with Crippen molar-refractivity contribution in [3.05, 3.63) is 65.9 Å². The molecule has 1 aromatic heterocycles. The molecule has 2 aromatic carbocycles. The molecule has 1 heterocycles. The Balaban J connectivity index is 1.69. The molecule has 1 amide bonds. The van der Waals surface area contributed by atoms with E-state index in [2.05, 4.69) is 15.5 Å². The topological polar surface area (TPSA) is 60.5 Å². The maximum absolute atomic E-state index is 12.2. The molecule has 3 rings (SSSR count). The average molecular weight is 306 g/mol. The van der Waals surface area contributed by atoms with E-state index >= 15 is 0 Å². The lowest BCUT2D eigenvalue weighted by atomic mass is 10.2. The van der Waals surface area contributed by atoms with Crippen LogP contribution in [0.25, 0.3) is 10.9 Å². The number of nitrogens with one attached hydrogen (secondary N) is 2. The number of fused-ring (bicyclic) bond motifs is 1. The minimum atomic E-state index is -0.233. The SMILES string of the molecule is CN(C)c1ccc(C=NNC(=O)c2c[nH]c3ccccc23)cc1. The number of anilines is 1. The van der Waals surface area contributed by atoms with Crippen LogP contribution in [0.15, 0.2) is 59.8 Å². The molecule has 0 radical (unpaired) electrons. The van der Waals surface area contributed by atoms with E-state index in [1.165, 1.54) is 0 Å². The van der Waals surface area contributed by atoms with Crippen LogP contribution in [0.5, 0.6) is 0 Å². The number of carbonyl (C=O) groups is 1. The molecule has 116 valence electrons. The number of hydrogen-bond donors (Lipinski definition) is 2. The summed E-state index contributed by atoms with van der Waals surface area (Å²) in [4.78, 5) is 17.3. The fraction of sp³-hybridized carbons (Fsp3) is 0.111. The van der Waals surface area contributed by atoms with Crippen molar-refractivity contribution in [2.75, 3.05) is 19.0 Å². The molecule has 0 saturated carbocycles. The van der Waals surface area contributed by atoms with Crippen LogP contribution in [-0.2, 0) is 0 Å². The van der Waals surface area contributed by atoms with E-state index < -0.39 is 0 Å². The van der Waals surface area contributed by atoms with Gasteiger partial charge < -0.3 is 9.88 Å². The van der Waals surface area contributed by atoms with Gasteiger partial charge in [0.15, 0.2) is 0 Å². The number of aromatic amines is 1. The van der Waals surface area contributed by atoms with E-state index in [1.54, 1.807) is 12.4 Å². The fourth-order valence-corrected chi connectivity index (χ4v) is 2.34. The highest BCUT2D eigenvalue weighted by Crippen LogP contribution is 2.17. The minimum Gasteiger partial charge on any atom is -0.378 e. The van der Waals surface area contributed by atoms with E-state index in [1.807, 2.05) is 67.5 Å². The summed E-state index contributed by atoms with van der Waals surface area (Å²) in [5.41, 5.74) is 6.12. The fourth-order valence-electron chi connectivity index (χ4n) is 2.34. The zero-order chi connectivity index (χ0) is 16.2. The zero-order valence-electron chi connectivity index (χ0n) is 13.1. The van der Waals surface area contributed by atoms with Crippen molar-refractivity contribution >= 4 is 28.7 Å². The van der Waals surface area contributed by atoms with E-state index in [9.17, 15) is 4.79 Å². The van der Waals surface area contributed by atoms with Crippen LogP contribution in [0.2, 0.25) is 0 Å². The van der Waals surface area contributed by atoms with Crippen LogP contribution in [-0.4, -0.2) is 31.2 Å². The number of para-hydroxylation sites is 1. The number of aromatic nitrogens is 1. The van der Waals surface area contributed by atoms with Crippen LogP contribution in [0.3, 0.4) is 0 Å². The molecule has 5 nitrogen and oxygen atoms in total. The van der Waals surface area contributed by atoms with Crippen molar-refractivity contribution in [1.82, 2.24) is 10.4 Å². The molecule has 0 unspecified atom stereocenters. The molecule has 3 aromatic rings. The van der Waals surface area contributed by atoms with Crippen molar-refractivity contribution in [1.29, 1.82) is 0 Å². The van der Waals surface area contributed by atoms with Crippen LogP contribution in [0, 0.1) is 0 Å². The first-order valence-corrected chi connectivity index (χ1v) is 7.32. The molecule has 2 N–H and O–H groups in total. The van der Waals surface area contributed by atoms with E-state index in [4.69, 9.17) is 0 Å². The van der Waals surface area contributed by atoms with Crippen molar-refractivity contribution in [2.24, 2.45) is 5.10 Å². The Labute approximate surface area is 134 Å². The van der Waals surface area contributed by atoms with Gasteiger partial charge in [-0.3, -0.25) is 4.79 Å². The molecule has 0 saturated heterocycles. The summed E-state index contributed by atoms with van der Waals surface area (Å²) >= 11 is 0. The van der Waals surface area contributed by atoms with Gasteiger partial charge in [0.1, 0.15) is 0 Å². The van der Waals surface area contributed by atoms with Gasteiger partial charge in [-0.05, 0) is 23.8 Å². The van der Waals surface area contributed by atoms with E-state index in [0.717, 1.165) is 22.2 Å². The van der Waals surface area contributed by atoms with Gasteiger partial charge in [-0.2, -0.15) is 5.10 Å². The highest BCUT2D eigenvalue weighted by molar-refractivity contribution is 6.06. The predicted molar refractivity (Wildman–Crippen MR) is 94.1 cm³/mol. The number of carbonyl (C=O) groups excluding carboxylic acids is 1. The summed E-state index contributed by atoms with van der Waals surface area (Å²) in [6, 6.07) is 15.6. The van der Waals surface area contributed by atoms with Crippen LogP contribution >= 0.6 is 0 Å². The molecule has 0 aliphatic carbocycles. The summed E-state index contributed by atoms with van der Waals surface area (Å²) in [6.07, 6.45) is 3.33. The molecule has 23 heavy (non-hydrogen) atoms. The molecule has 0 fully saturated rings. The van der Waals surface area contributed by atoms with Crippen LogP contribution in [0.4, 0.5) is 5.69 Å². The summed E-state index contributed by atoms with van der Waals surface area (Å²) < 4.78 is 0. The monoisotopic (exact) mass is 306 g/mol. The Morgan fingerprint density at radius 1 is 1.13 bits per heavy atom. The first kappa shape index (κ1) is 14.8. The van der Waals surface area contributed by atoms with E-state index in [0.29, 0.717) is 5.56 Å². The Morgan fingerprint density at radius 2 is 1.87 bits per heavy atom. The highest BCUT2D eigenvalue weighted by atomic mass is 16.2. The highest BCUT2D eigenvalue weighted by Gasteiger charge is 2.10. The summed E-state index contributed by atoms with van der Waals surface area (Å²) in [5.74, 6) is -0.233. The molecular weight excluding hydrogens is 288 g/mol. The zero-order valence-corrected chi connectivity index (χ0v) is 13.1. The van der Waals surface area contributed by atoms with Crippen molar-refractivity contribution in [3.63, 3.8) is 0 Å². The maximum Gasteiger partial charge on any atom is 0.273 e. The Bertz CT molecular complexity index is 847. The van der Waals surface area contributed by atoms with Gasteiger partial charge in [0.25, 0.3) is 5.91 Å².